The lowest BCUT2D eigenvalue weighted by Crippen LogP contribution is -2.23. The highest BCUT2D eigenvalue weighted by molar-refractivity contribution is 5.38. The van der Waals surface area contributed by atoms with Crippen molar-refractivity contribution in [1.82, 2.24) is 0 Å². The number of aliphatic hydroxyl groups excluding tert-OH is 1. The Bertz CT molecular complexity index is 307. The highest BCUT2D eigenvalue weighted by Gasteiger charge is 2.18. The third-order valence-electron chi connectivity index (χ3n) is 2.46. The molecule has 0 aromatic heterocycles. The first-order chi connectivity index (χ1) is 7.29. The van der Waals surface area contributed by atoms with E-state index in [1.807, 2.05) is 19.9 Å². The van der Waals surface area contributed by atoms with Crippen LogP contribution < -0.4 is 4.74 Å². The van der Waals surface area contributed by atoms with Crippen LogP contribution in [0.2, 0.25) is 0 Å². The Balaban J connectivity index is 0.000000531. The van der Waals surface area contributed by atoms with Crippen molar-refractivity contribution >= 4 is 0 Å². The van der Waals surface area contributed by atoms with Crippen LogP contribution in [-0.4, -0.2) is 18.3 Å². The van der Waals surface area contributed by atoms with Crippen LogP contribution in [0, 0.1) is 12.8 Å². The molecule has 0 radical (unpaired) electrons. The Morgan fingerprint density at radius 1 is 1.40 bits per heavy atom. The van der Waals surface area contributed by atoms with Crippen molar-refractivity contribution in [2.75, 3.05) is 13.2 Å². The second kappa shape index (κ2) is 5.76. The summed E-state index contributed by atoms with van der Waals surface area (Å²) in [5, 5.41) is 9.01. The maximum Gasteiger partial charge on any atom is 0.122 e. The Kier molecular flexibility index (Phi) is 4.63. The van der Waals surface area contributed by atoms with Crippen LogP contribution in [0.1, 0.15) is 25.0 Å². The molecule has 1 atom stereocenters. The van der Waals surface area contributed by atoms with Crippen molar-refractivity contribution in [3.05, 3.63) is 29.3 Å². The maximum atomic E-state index is 9.01. The Labute approximate surface area is 91.9 Å². The largest absolute Gasteiger partial charge is 0.493 e. The third-order valence-corrected chi connectivity index (χ3v) is 2.46. The molecule has 0 aliphatic carbocycles. The zero-order chi connectivity index (χ0) is 11.3. The molecule has 1 N–H and O–H groups in total. The summed E-state index contributed by atoms with van der Waals surface area (Å²) in [6.07, 6.45) is 0.938. The first-order valence-corrected chi connectivity index (χ1v) is 5.63. The number of benzene rings is 1. The highest BCUT2D eigenvalue weighted by Crippen LogP contribution is 2.27. The van der Waals surface area contributed by atoms with Crippen molar-refractivity contribution in [1.29, 1.82) is 0 Å². The van der Waals surface area contributed by atoms with E-state index in [2.05, 4.69) is 19.1 Å². The summed E-state index contributed by atoms with van der Waals surface area (Å²) in [7, 11) is 0. The molecule has 1 aliphatic rings. The number of hydrogen-bond donors (Lipinski definition) is 1. The van der Waals surface area contributed by atoms with Gasteiger partial charge in [0.2, 0.25) is 0 Å². The number of hydrogen-bond acceptors (Lipinski definition) is 2. The van der Waals surface area contributed by atoms with E-state index in [1.54, 1.807) is 0 Å². The van der Waals surface area contributed by atoms with Gasteiger partial charge in [0.1, 0.15) is 5.75 Å². The summed E-state index contributed by atoms with van der Waals surface area (Å²) in [5.74, 6) is 1.25. The van der Waals surface area contributed by atoms with E-state index in [0.29, 0.717) is 6.61 Å². The van der Waals surface area contributed by atoms with Gasteiger partial charge in [0.25, 0.3) is 0 Å². The topological polar surface area (TPSA) is 29.5 Å². The fourth-order valence-corrected chi connectivity index (χ4v) is 1.70. The molecule has 15 heavy (non-hydrogen) atoms. The number of aryl methyl sites for hydroxylation is 1. The van der Waals surface area contributed by atoms with Gasteiger partial charge < -0.3 is 9.84 Å². The van der Waals surface area contributed by atoms with Crippen molar-refractivity contribution in [2.45, 2.75) is 27.2 Å². The fraction of sp³-hybridized carbons (Fsp3) is 0.538. The fourth-order valence-electron chi connectivity index (χ4n) is 1.70. The van der Waals surface area contributed by atoms with Crippen molar-refractivity contribution < 1.29 is 9.84 Å². The quantitative estimate of drug-likeness (QED) is 0.768. The lowest BCUT2D eigenvalue weighted by Gasteiger charge is -2.23. The molecule has 0 spiro atoms. The molecule has 1 aromatic carbocycles. The molecule has 0 bridgehead atoms. The summed E-state index contributed by atoms with van der Waals surface area (Å²) in [6.45, 7) is 6.93. The number of fused-ring (bicyclic) bond motifs is 1. The third kappa shape index (κ3) is 2.96. The van der Waals surface area contributed by atoms with E-state index in [0.717, 1.165) is 12.2 Å². The molecular formula is C13H20O2. The van der Waals surface area contributed by atoms with Crippen LogP contribution in [0.4, 0.5) is 0 Å². The van der Waals surface area contributed by atoms with Gasteiger partial charge in [0, 0.05) is 12.5 Å². The molecule has 1 aliphatic heterocycles. The predicted octanol–water partition coefficient (Wildman–Crippen LogP) is 2.56. The zero-order valence-corrected chi connectivity index (χ0v) is 9.79. The molecule has 0 saturated carbocycles. The average molecular weight is 208 g/mol. The molecule has 0 amide bonds. The molecule has 2 rings (SSSR count). The summed E-state index contributed by atoms with van der Waals surface area (Å²) < 4.78 is 5.52. The second-order valence-corrected chi connectivity index (χ2v) is 3.67. The van der Waals surface area contributed by atoms with Gasteiger partial charge in [0.15, 0.2) is 0 Å². The first kappa shape index (κ1) is 12.1. The standard InChI is InChI=1S/C11H14O2.C2H6/c1-8-2-3-11-10(4-8)5-9(6-12)7-13-11;1-2/h2-4,9,12H,5-7H2,1H3;1-2H3. The van der Waals surface area contributed by atoms with Crippen LogP contribution in [0.3, 0.4) is 0 Å². The number of rotatable bonds is 1. The van der Waals surface area contributed by atoms with Crippen molar-refractivity contribution in [2.24, 2.45) is 5.92 Å². The van der Waals surface area contributed by atoms with Gasteiger partial charge in [-0.15, -0.1) is 0 Å². The van der Waals surface area contributed by atoms with Gasteiger partial charge in [-0.1, -0.05) is 31.5 Å². The van der Waals surface area contributed by atoms with Gasteiger partial charge in [0.05, 0.1) is 6.61 Å². The maximum absolute atomic E-state index is 9.01. The van der Waals surface area contributed by atoms with Gasteiger partial charge >= 0.3 is 0 Å². The lowest BCUT2D eigenvalue weighted by atomic mass is 9.96. The molecular weight excluding hydrogens is 188 g/mol. The van der Waals surface area contributed by atoms with Gasteiger partial charge in [-0.3, -0.25) is 0 Å². The smallest absolute Gasteiger partial charge is 0.122 e. The highest BCUT2D eigenvalue weighted by atomic mass is 16.5. The Morgan fingerprint density at radius 3 is 2.80 bits per heavy atom. The van der Waals surface area contributed by atoms with Crippen LogP contribution in [0.15, 0.2) is 18.2 Å². The minimum absolute atomic E-state index is 0.216. The van der Waals surface area contributed by atoms with E-state index in [4.69, 9.17) is 9.84 Å². The molecule has 2 nitrogen and oxygen atoms in total. The molecule has 1 aromatic rings. The summed E-state index contributed by atoms with van der Waals surface area (Å²) >= 11 is 0. The number of aliphatic hydroxyl groups is 1. The van der Waals surface area contributed by atoms with Gasteiger partial charge in [-0.25, -0.2) is 0 Å². The lowest BCUT2D eigenvalue weighted by molar-refractivity contribution is 0.147. The minimum atomic E-state index is 0.216. The SMILES string of the molecule is CC.Cc1ccc2c(c1)CC(CO)CO2. The normalized spacial score (nSPS) is 18.3. The van der Waals surface area contributed by atoms with E-state index in [9.17, 15) is 0 Å². The molecule has 84 valence electrons. The van der Waals surface area contributed by atoms with Gasteiger partial charge in [-0.2, -0.15) is 0 Å². The summed E-state index contributed by atoms with van der Waals surface area (Å²) in [5.41, 5.74) is 2.48. The van der Waals surface area contributed by atoms with Crippen LogP contribution >= 0.6 is 0 Å². The van der Waals surface area contributed by atoms with Gasteiger partial charge in [-0.05, 0) is 25.0 Å². The summed E-state index contributed by atoms with van der Waals surface area (Å²) in [6, 6.07) is 6.20. The van der Waals surface area contributed by atoms with Crippen LogP contribution in [0.5, 0.6) is 5.75 Å². The minimum Gasteiger partial charge on any atom is -0.493 e. The predicted molar refractivity (Wildman–Crippen MR) is 62.3 cm³/mol. The molecule has 1 heterocycles. The summed E-state index contributed by atoms with van der Waals surface area (Å²) in [4.78, 5) is 0. The average Bonchev–Trinajstić information content (AvgIpc) is 2.30. The number of ether oxygens (including phenoxy) is 1. The van der Waals surface area contributed by atoms with Crippen molar-refractivity contribution in [3.8, 4) is 5.75 Å². The molecule has 1 unspecified atom stereocenters. The zero-order valence-electron chi connectivity index (χ0n) is 9.79. The molecule has 2 heteroatoms. The van der Waals surface area contributed by atoms with E-state index in [-0.39, 0.29) is 12.5 Å². The van der Waals surface area contributed by atoms with E-state index >= 15 is 0 Å². The first-order valence-electron chi connectivity index (χ1n) is 5.63. The van der Waals surface area contributed by atoms with Crippen LogP contribution in [0.25, 0.3) is 0 Å². The Morgan fingerprint density at radius 2 is 2.13 bits per heavy atom. The van der Waals surface area contributed by atoms with E-state index < -0.39 is 0 Å². The molecule has 0 fully saturated rings. The second-order valence-electron chi connectivity index (χ2n) is 3.67. The molecule has 0 saturated heterocycles. The monoisotopic (exact) mass is 208 g/mol. The van der Waals surface area contributed by atoms with Crippen molar-refractivity contribution in [3.63, 3.8) is 0 Å². The van der Waals surface area contributed by atoms with E-state index in [1.165, 1.54) is 11.1 Å². The van der Waals surface area contributed by atoms with Crippen LogP contribution in [-0.2, 0) is 6.42 Å². The Hall–Kier alpha value is -1.02.